The first-order valence-corrected chi connectivity index (χ1v) is 11.1. The highest BCUT2D eigenvalue weighted by Gasteiger charge is 2.24. The molecule has 0 N–H and O–H groups in total. The van der Waals surface area contributed by atoms with E-state index in [0.717, 1.165) is 43.0 Å². The summed E-state index contributed by atoms with van der Waals surface area (Å²) in [6.07, 6.45) is 6.47. The van der Waals surface area contributed by atoms with Crippen LogP contribution in [0.2, 0.25) is 0 Å². The van der Waals surface area contributed by atoms with E-state index >= 15 is 0 Å². The molecule has 1 saturated heterocycles. The number of amides is 1. The molecular weight excluding hydrogens is 379 g/mol. The second kappa shape index (κ2) is 10.5. The number of aromatic nitrogens is 2. The van der Waals surface area contributed by atoms with Gasteiger partial charge in [0.25, 0.3) is 0 Å². The Labute approximate surface area is 179 Å². The Morgan fingerprint density at radius 2 is 1.77 bits per heavy atom. The molecule has 0 aliphatic carbocycles. The summed E-state index contributed by atoms with van der Waals surface area (Å²) in [7, 11) is 0. The van der Waals surface area contributed by atoms with Crippen molar-refractivity contribution in [3.05, 3.63) is 41.3 Å². The maximum absolute atomic E-state index is 13.7. The van der Waals surface area contributed by atoms with Crippen LogP contribution < -0.4 is 4.90 Å². The molecule has 1 fully saturated rings. The van der Waals surface area contributed by atoms with Crippen molar-refractivity contribution in [1.82, 2.24) is 14.9 Å². The topological polar surface area (TPSA) is 49.3 Å². The molecule has 5 nitrogen and oxygen atoms in total. The fraction of sp³-hybridized carbons (Fsp3) is 0.542. The molecule has 1 aromatic heterocycles. The number of aryl methyl sites for hydroxylation is 1. The van der Waals surface area contributed by atoms with Crippen molar-refractivity contribution in [2.45, 2.75) is 59.3 Å². The molecule has 1 aliphatic rings. The molecule has 0 atom stereocenters. The molecule has 6 heteroatoms. The Morgan fingerprint density at radius 3 is 2.47 bits per heavy atom. The number of carbonyl (C=O) groups is 1. The molecular formula is C24H33FN4O. The van der Waals surface area contributed by atoms with Gasteiger partial charge < -0.3 is 9.80 Å². The Balaban J connectivity index is 1.63. The van der Waals surface area contributed by atoms with Crippen LogP contribution >= 0.6 is 0 Å². The molecule has 0 bridgehead atoms. The van der Waals surface area contributed by atoms with Gasteiger partial charge >= 0.3 is 0 Å². The standard InChI is InChI=1S/C24H33FN4O/c1-4-5-6-7-8-12-22(30)28-13-15-29(16-14-28)24-18(2)19(3)26-23(27-24)20-10-9-11-21(25)17-20/h9-11,17H,4-8,12-16H2,1-3H3. The Kier molecular flexibility index (Phi) is 7.77. The van der Waals surface area contributed by atoms with E-state index in [1.165, 1.54) is 31.4 Å². The zero-order valence-corrected chi connectivity index (χ0v) is 18.5. The van der Waals surface area contributed by atoms with Crippen molar-refractivity contribution in [2.75, 3.05) is 31.1 Å². The second-order valence-electron chi connectivity index (χ2n) is 8.12. The highest BCUT2D eigenvalue weighted by molar-refractivity contribution is 5.76. The number of benzene rings is 1. The van der Waals surface area contributed by atoms with E-state index in [1.54, 1.807) is 6.07 Å². The lowest BCUT2D eigenvalue weighted by molar-refractivity contribution is -0.131. The smallest absolute Gasteiger partial charge is 0.222 e. The number of unbranched alkanes of at least 4 members (excludes halogenated alkanes) is 4. The van der Waals surface area contributed by atoms with Crippen molar-refractivity contribution < 1.29 is 9.18 Å². The number of rotatable bonds is 8. The van der Waals surface area contributed by atoms with Crippen LogP contribution in [0.25, 0.3) is 11.4 Å². The van der Waals surface area contributed by atoms with Crippen LogP contribution in [-0.2, 0) is 4.79 Å². The summed E-state index contributed by atoms with van der Waals surface area (Å²) in [5, 5.41) is 0. The molecule has 0 saturated carbocycles. The molecule has 1 amide bonds. The van der Waals surface area contributed by atoms with Crippen molar-refractivity contribution >= 4 is 11.7 Å². The number of hydrogen-bond donors (Lipinski definition) is 0. The van der Waals surface area contributed by atoms with Gasteiger partial charge in [0.05, 0.1) is 0 Å². The van der Waals surface area contributed by atoms with E-state index in [0.29, 0.717) is 30.9 Å². The normalized spacial score (nSPS) is 14.3. The lowest BCUT2D eigenvalue weighted by Gasteiger charge is -2.36. The minimum absolute atomic E-state index is 0.266. The van der Waals surface area contributed by atoms with E-state index in [-0.39, 0.29) is 11.7 Å². The summed E-state index contributed by atoms with van der Waals surface area (Å²) in [6, 6.07) is 6.39. The Bertz CT molecular complexity index is 862. The molecule has 3 rings (SSSR count). The third-order valence-electron chi connectivity index (χ3n) is 5.87. The Hall–Kier alpha value is -2.50. The van der Waals surface area contributed by atoms with Gasteiger partial charge in [-0.2, -0.15) is 0 Å². The van der Waals surface area contributed by atoms with E-state index in [9.17, 15) is 9.18 Å². The van der Waals surface area contributed by atoms with E-state index < -0.39 is 0 Å². The summed E-state index contributed by atoms with van der Waals surface area (Å²) in [5.74, 6) is 1.39. The molecule has 162 valence electrons. The summed E-state index contributed by atoms with van der Waals surface area (Å²) in [4.78, 5) is 26.0. The van der Waals surface area contributed by atoms with Crippen LogP contribution in [0, 0.1) is 19.7 Å². The lowest BCUT2D eigenvalue weighted by Crippen LogP contribution is -2.49. The van der Waals surface area contributed by atoms with Gasteiger partial charge in [0.2, 0.25) is 5.91 Å². The number of piperazine rings is 1. The summed E-state index contributed by atoms with van der Waals surface area (Å²) < 4.78 is 13.7. The van der Waals surface area contributed by atoms with E-state index in [2.05, 4.69) is 16.8 Å². The predicted octanol–water partition coefficient (Wildman–Crippen LogP) is 4.91. The van der Waals surface area contributed by atoms with Crippen LogP contribution in [0.15, 0.2) is 24.3 Å². The van der Waals surface area contributed by atoms with Crippen LogP contribution in [0.3, 0.4) is 0 Å². The molecule has 30 heavy (non-hydrogen) atoms. The monoisotopic (exact) mass is 412 g/mol. The van der Waals surface area contributed by atoms with Crippen LogP contribution in [0.5, 0.6) is 0 Å². The first-order valence-electron chi connectivity index (χ1n) is 11.1. The van der Waals surface area contributed by atoms with Crippen LogP contribution in [0.4, 0.5) is 10.2 Å². The number of nitrogens with zero attached hydrogens (tertiary/aromatic N) is 4. The molecule has 0 unspecified atom stereocenters. The van der Waals surface area contributed by atoms with Crippen molar-refractivity contribution in [3.8, 4) is 11.4 Å². The van der Waals surface area contributed by atoms with Crippen molar-refractivity contribution in [1.29, 1.82) is 0 Å². The number of carbonyl (C=O) groups excluding carboxylic acids is 1. The quantitative estimate of drug-likeness (QED) is 0.578. The third-order valence-corrected chi connectivity index (χ3v) is 5.87. The van der Waals surface area contributed by atoms with Gasteiger partial charge in [0.15, 0.2) is 5.82 Å². The molecule has 0 radical (unpaired) electrons. The molecule has 2 aromatic rings. The fourth-order valence-corrected chi connectivity index (χ4v) is 3.88. The molecule has 2 heterocycles. The highest BCUT2D eigenvalue weighted by Crippen LogP contribution is 2.26. The van der Waals surface area contributed by atoms with Gasteiger partial charge in [-0.15, -0.1) is 0 Å². The summed E-state index contributed by atoms with van der Waals surface area (Å²) >= 11 is 0. The van der Waals surface area contributed by atoms with Gasteiger partial charge in [-0.1, -0.05) is 44.7 Å². The van der Waals surface area contributed by atoms with Gasteiger partial charge in [0, 0.05) is 49.4 Å². The Morgan fingerprint density at radius 1 is 1.03 bits per heavy atom. The summed E-state index contributed by atoms with van der Waals surface area (Å²) in [6.45, 7) is 9.11. The molecule has 1 aromatic carbocycles. The molecule has 0 spiro atoms. The number of anilines is 1. The van der Waals surface area contributed by atoms with Crippen LogP contribution in [-0.4, -0.2) is 47.0 Å². The SMILES string of the molecule is CCCCCCCC(=O)N1CCN(c2nc(-c3cccc(F)c3)nc(C)c2C)CC1. The first-order chi connectivity index (χ1) is 14.5. The van der Waals surface area contributed by atoms with Gasteiger partial charge in [-0.05, 0) is 32.4 Å². The van der Waals surface area contributed by atoms with E-state index in [1.807, 2.05) is 24.8 Å². The summed E-state index contributed by atoms with van der Waals surface area (Å²) in [5.41, 5.74) is 2.60. The van der Waals surface area contributed by atoms with Crippen LogP contribution in [0.1, 0.15) is 56.7 Å². The zero-order valence-electron chi connectivity index (χ0n) is 18.5. The maximum atomic E-state index is 13.7. The van der Waals surface area contributed by atoms with Gasteiger partial charge in [-0.3, -0.25) is 4.79 Å². The van der Waals surface area contributed by atoms with Crippen molar-refractivity contribution in [2.24, 2.45) is 0 Å². The van der Waals surface area contributed by atoms with E-state index in [4.69, 9.17) is 4.98 Å². The van der Waals surface area contributed by atoms with Crippen molar-refractivity contribution in [3.63, 3.8) is 0 Å². The highest BCUT2D eigenvalue weighted by atomic mass is 19.1. The zero-order chi connectivity index (χ0) is 21.5. The maximum Gasteiger partial charge on any atom is 0.222 e. The minimum Gasteiger partial charge on any atom is -0.353 e. The average molecular weight is 413 g/mol. The molecule has 1 aliphatic heterocycles. The predicted molar refractivity (Wildman–Crippen MR) is 119 cm³/mol. The number of hydrogen-bond acceptors (Lipinski definition) is 4. The van der Waals surface area contributed by atoms with Gasteiger partial charge in [-0.25, -0.2) is 14.4 Å². The third kappa shape index (κ3) is 5.55. The van der Waals surface area contributed by atoms with Gasteiger partial charge in [0.1, 0.15) is 11.6 Å². The minimum atomic E-state index is -0.294. The average Bonchev–Trinajstić information content (AvgIpc) is 2.75. The number of halogens is 1. The lowest BCUT2D eigenvalue weighted by atomic mass is 10.1. The largest absolute Gasteiger partial charge is 0.353 e. The first kappa shape index (κ1) is 22.2. The second-order valence-corrected chi connectivity index (χ2v) is 8.12. The fourth-order valence-electron chi connectivity index (χ4n) is 3.88.